The summed E-state index contributed by atoms with van der Waals surface area (Å²) in [7, 11) is 0. The van der Waals surface area contributed by atoms with Gasteiger partial charge in [0.15, 0.2) is 0 Å². The number of hydrogen-bond acceptors (Lipinski definition) is 3. The Labute approximate surface area is 87.0 Å². The van der Waals surface area contributed by atoms with Crippen molar-refractivity contribution in [1.29, 1.82) is 0 Å². The summed E-state index contributed by atoms with van der Waals surface area (Å²) in [4.78, 5) is 18.1. The van der Waals surface area contributed by atoms with Gasteiger partial charge in [0.05, 0.1) is 0 Å². The highest BCUT2D eigenvalue weighted by Gasteiger charge is 1.97. The number of carbonyl (C=O) groups excluding carboxylic acids is 1. The predicted molar refractivity (Wildman–Crippen MR) is 57.2 cm³/mol. The number of nitrogens with zero attached hydrogens (tertiary/aromatic N) is 2. The standard InChI is InChI=1S/C11H9N3O/c15-8-14-11-3-1-9(2-4-11)10-5-12-7-13-6-10/h1-8H,(H,14,15). The molecular weight excluding hydrogens is 190 g/mol. The topological polar surface area (TPSA) is 54.9 Å². The van der Waals surface area contributed by atoms with E-state index in [4.69, 9.17) is 0 Å². The van der Waals surface area contributed by atoms with Gasteiger partial charge >= 0.3 is 0 Å². The lowest BCUT2D eigenvalue weighted by molar-refractivity contribution is -0.105. The molecule has 0 aliphatic carbocycles. The van der Waals surface area contributed by atoms with Crippen LogP contribution in [0.4, 0.5) is 5.69 Å². The van der Waals surface area contributed by atoms with Crippen molar-refractivity contribution in [2.75, 3.05) is 5.32 Å². The van der Waals surface area contributed by atoms with Crippen LogP contribution in [0.15, 0.2) is 43.0 Å². The first-order valence-corrected chi connectivity index (χ1v) is 4.46. The molecule has 0 saturated carbocycles. The van der Waals surface area contributed by atoms with Crippen LogP contribution in [-0.2, 0) is 4.79 Å². The molecule has 2 rings (SSSR count). The van der Waals surface area contributed by atoms with Crippen LogP contribution >= 0.6 is 0 Å². The molecular formula is C11H9N3O. The Bertz CT molecular complexity index is 439. The number of amides is 1. The van der Waals surface area contributed by atoms with Crippen LogP contribution < -0.4 is 5.32 Å². The number of anilines is 1. The van der Waals surface area contributed by atoms with Crippen molar-refractivity contribution in [2.45, 2.75) is 0 Å². The summed E-state index contributed by atoms with van der Waals surface area (Å²) in [6.45, 7) is 0. The van der Waals surface area contributed by atoms with Gasteiger partial charge in [0.2, 0.25) is 6.41 Å². The first kappa shape index (κ1) is 9.33. The molecule has 4 nitrogen and oxygen atoms in total. The van der Waals surface area contributed by atoms with E-state index in [1.807, 2.05) is 24.3 Å². The quantitative estimate of drug-likeness (QED) is 0.765. The second-order valence-electron chi connectivity index (χ2n) is 2.97. The molecule has 0 unspecified atom stereocenters. The van der Waals surface area contributed by atoms with Crippen molar-refractivity contribution >= 4 is 12.1 Å². The molecule has 0 aliphatic rings. The summed E-state index contributed by atoms with van der Waals surface area (Å²) in [5.41, 5.74) is 2.74. The van der Waals surface area contributed by atoms with Gasteiger partial charge in [-0.15, -0.1) is 0 Å². The molecule has 1 N–H and O–H groups in total. The molecule has 0 spiro atoms. The minimum atomic E-state index is 0.653. The zero-order valence-corrected chi connectivity index (χ0v) is 7.92. The maximum absolute atomic E-state index is 10.2. The Morgan fingerprint density at radius 2 is 1.67 bits per heavy atom. The van der Waals surface area contributed by atoms with E-state index in [1.165, 1.54) is 6.33 Å². The van der Waals surface area contributed by atoms with Crippen molar-refractivity contribution in [2.24, 2.45) is 0 Å². The molecule has 2 aromatic rings. The lowest BCUT2D eigenvalue weighted by Crippen LogP contribution is -1.92. The van der Waals surface area contributed by atoms with Gasteiger partial charge in [-0.2, -0.15) is 0 Å². The summed E-state index contributed by atoms with van der Waals surface area (Å²) in [5, 5.41) is 2.57. The molecule has 0 radical (unpaired) electrons. The van der Waals surface area contributed by atoms with Gasteiger partial charge in [0.1, 0.15) is 6.33 Å². The molecule has 4 heteroatoms. The van der Waals surface area contributed by atoms with E-state index in [-0.39, 0.29) is 0 Å². The molecule has 74 valence electrons. The molecule has 1 heterocycles. The van der Waals surface area contributed by atoms with Crippen molar-refractivity contribution in [1.82, 2.24) is 9.97 Å². The summed E-state index contributed by atoms with van der Waals surface area (Å²) < 4.78 is 0. The molecule has 0 saturated heterocycles. The van der Waals surface area contributed by atoms with Gasteiger partial charge in [0, 0.05) is 23.6 Å². The molecule has 0 fully saturated rings. The smallest absolute Gasteiger partial charge is 0.211 e. The maximum atomic E-state index is 10.2. The average molecular weight is 199 g/mol. The number of hydrogen-bond donors (Lipinski definition) is 1. The second-order valence-corrected chi connectivity index (χ2v) is 2.97. The SMILES string of the molecule is O=CNc1ccc(-c2cncnc2)cc1. The average Bonchev–Trinajstić information content (AvgIpc) is 2.32. The second kappa shape index (κ2) is 4.32. The van der Waals surface area contributed by atoms with Crippen LogP contribution in [-0.4, -0.2) is 16.4 Å². The van der Waals surface area contributed by atoms with Crippen LogP contribution in [0.1, 0.15) is 0 Å². The van der Waals surface area contributed by atoms with E-state index in [2.05, 4.69) is 15.3 Å². The summed E-state index contributed by atoms with van der Waals surface area (Å²) >= 11 is 0. The van der Waals surface area contributed by atoms with E-state index in [1.54, 1.807) is 12.4 Å². The van der Waals surface area contributed by atoms with Gasteiger partial charge in [-0.3, -0.25) is 4.79 Å². The van der Waals surface area contributed by atoms with Gasteiger partial charge in [-0.1, -0.05) is 12.1 Å². The summed E-state index contributed by atoms with van der Waals surface area (Å²) in [6, 6.07) is 7.47. The fraction of sp³-hybridized carbons (Fsp3) is 0. The third-order valence-corrected chi connectivity index (χ3v) is 2.00. The monoisotopic (exact) mass is 199 g/mol. The predicted octanol–water partition coefficient (Wildman–Crippen LogP) is 1.71. The Morgan fingerprint density at radius 3 is 2.27 bits per heavy atom. The van der Waals surface area contributed by atoms with E-state index >= 15 is 0 Å². The van der Waals surface area contributed by atoms with Crippen LogP contribution in [0.25, 0.3) is 11.1 Å². The largest absolute Gasteiger partial charge is 0.329 e. The fourth-order valence-corrected chi connectivity index (χ4v) is 1.28. The Hall–Kier alpha value is -2.23. The third-order valence-electron chi connectivity index (χ3n) is 2.00. The first-order chi connectivity index (χ1) is 7.40. The zero-order chi connectivity index (χ0) is 10.5. The van der Waals surface area contributed by atoms with E-state index < -0.39 is 0 Å². The molecule has 1 aromatic heterocycles. The number of carbonyl (C=O) groups is 1. The van der Waals surface area contributed by atoms with Gasteiger partial charge in [-0.25, -0.2) is 9.97 Å². The first-order valence-electron chi connectivity index (χ1n) is 4.46. The van der Waals surface area contributed by atoms with Gasteiger partial charge in [0.25, 0.3) is 0 Å². The minimum Gasteiger partial charge on any atom is -0.329 e. The summed E-state index contributed by atoms with van der Waals surface area (Å²) in [6.07, 6.45) is 5.64. The Morgan fingerprint density at radius 1 is 1.00 bits per heavy atom. The fourth-order valence-electron chi connectivity index (χ4n) is 1.28. The third kappa shape index (κ3) is 2.17. The van der Waals surface area contributed by atoms with E-state index in [0.29, 0.717) is 6.41 Å². The molecule has 0 bridgehead atoms. The van der Waals surface area contributed by atoms with Gasteiger partial charge in [-0.05, 0) is 17.7 Å². The Kier molecular flexibility index (Phi) is 2.69. The highest BCUT2D eigenvalue weighted by molar-refractivity contribution is 5.73. The van der Waals surface area contributed by atoms with Crippen molar-refractivity contribution in [3.8, 4) is 11.1 Å². The minimum absolute atomic E-state index is 0.653. The zero-order valence-electron chi connectivity index (χ0n) is 7.92. The molecule has 1 aromatic carbocycles. The number of benzene rings is 1. The van der Waals surface area contributed by atoms with E-state index in [9.17, 15) is 4.79 Å². The molecule has 0 aliphatic heterocycles. The van der Waals surface area contributed by atoms with Crippen molar-refractivity contribution in [3.63, 3.8) is 0 Å². The highest BCUT2D eigenvalue weighted by atomic mass is 16.1. The van der Waals surface area contributed by atoms with Crippen molar-refractivity contribution < 1.29 is 4.79 Å². The molecule has 0 atom stereocenters. The van der Waals surface area contributed by atoms with E-state index in [0.717, 1.165) is 16.8 Å². The maximum Gasteiger partial charge on any atom is 0.211 e. The van der Waals surface area contributed by atoms with Crippen LogP contribution in [0.3, 0.4) is 0 Å². The van der Waals surface area contributed by atoms with Crippen LogP contribution in [0.5, 0.6) is 0 Å². The highest BCUT2D eigenvalue weighted by Crippen LogP contribution is 2.19. The lowest BCUT2D eigenvalue weighted by atomic mass is 10.1. The van der Waals surface area contributed by atoms with Crippen LogP contribution in [0, 0.1) is 0 Å². The number of rotatable bonds is 3. The molecule has 1 amide bonds. The molecule has 15 heavy (non-hydrogen) atoms. The summed E-state index contributed by atoms with van der Waals surface area (Å²) in [5.74, 6) is 0. The van der Waals surface area contributed by atoms with Crippen LogP contribution in [0.2, 0.25) is 0 Å². The number of aromatic nitrogens is 2. The number of nitrogens with one attached hydrogen (secondary N) is 1. The normalized spacial score (nSPS) is 9.60. The van der Waals surface area contributed by atoms with Gasteiger partial charge < -0.3 is 5.32 Å². The Balaban J connectivity index is 2.28. The lowest BCUT2D eigenvalue weighted by Gasteiger charge is -2.01. The van der Waals surface area contributed by atoms with Crippen molar-refractivity contribution in [3.05, 3.63) is 43.0 Å².